The highest BCUT2D eigenvalue weighted by Crippen LogP contribution is 2.33. The maximum atomic E-state index is 11.1. The van der Waals surface area contributed by atoms with Gasteiger partial charge in [0.15, 0.2) is 0 Å². The number of hydrogen-bond acceptors (Lipinski definition) is 5. The van der Waals surface area contributed by atoms with Crippen molar-refractivity contribution in [1.82, 2.24) is 4.98 Å². The monoisotopic (exact) mass is 261 g/mol. The van der Waals surface area contributed by atoms with Gasteiger partial charge in [-0.3, -0.25) is 10.1 Å². The minimum Gasteiger partial charge on any atom is -0.494 e. The van der Waals surface area contributed by atoms with E-state index in [-0.39, 0.29) is 5.69 Å². The number of methoxy groups -OCH3 is 1. The number of nitrogens with zero attached hydrogens (tertiary/aromatic N) is 2. The zero-order valence-electron chi connectivity index (χ0n) is 11.1. The lowest BCUT2D eigenvalue weighted by Gasteiger charge is -2.10. The molecule has 0 saturated carbocycles. The molecular formula is C13H15N3O3. The lowest BCUT2D eigenvalue weighted by molar-refractivity contribution is -0.383. The molecule has 1 aromatic heterocycles. The number of non-ortho nitro benzene ring substituents is 1. The van der Waals surface area contributed by atoms with Crippen molar-refractivity contribution in [1.29, 1.82) is 0 Å². The topological polar surface area (TPSA) is 77.3 Å². The van der Waals surface area contributed by atoms with Crippen LogP contribution < -0.4 is 10.1 Å². The fourth-order valence-corrected chi connectivity index (χ4v) is 1.99. The summed E-state index contributed by atoms with van der Waals surface area (Å²) in [4.78, 5) is 15.1. The van der Waals surface area contributed by atoms with Crippen LogP contribution in [0, 0.1) is 17.0 Å². The second-order valence-electron chi connectivity index (χ2n) is 4.12. The van der Waals surface area contributed by atoms with E-state index in [4.69, 9.17) is 4.74 Å². The van der Waals surface area contributed by atoms with Gasteiger partial charge in [0.1, 0.15) is 17.1 Å². The normalized spacial score (nSPS) is 10.5. The van der Waals surface area contributed by atoms with Gasteiger partial charge in [0.2, 0.25) is 0 Å². The summed E-state index contributed by atoms with van der Waals surface area (Å²) in [6, 6.07) is 4.77. The summed E-state index contributed by atoms with van der Waals surface area (Å²) in [6.07, 6.45) is 0. The summed E-state index contributed by atoms with van der Waals surface area (Å²) in [7, 11) is 1.52. The second kappa shape index (κ2) is 5.09. The van der Waals surface area contributed by atoms with E-state index in [2.05, 4.69) is 10.3 Å². The van der Waals surface area contributed by atoms with Crippen LogP contribution in [0.3, 0.4) is 0 Å². The molecule has 0 atom stereocenters. The molecule has 0 aliphatic heterocycles. The van der Waals surface area contributed by atoms with Crippen molar-refractivity contribution in [2.75, 3.05) is 19.0 Å². The predicted molar refractivity (Wildman–Crippen MR) is 73.9 cm³/mol. The molecule has 2 aromatic rings. The molecule has 0 unspecified atom stereocenters. The first-order valence-electron chi connectivity index (χ1n) is 5.95. The van der Waals surface area contributed by atoms with E-state index in [1.54, 1.807) is 12.1 Å². The van der Waals surface area contributed by atoms with Crippen LogP contribution in [0.15, 0.2) is 18.2 Å². The first-order chi connectivity index (χ1) is 9.08. The first kappa shape index (κ1) is 13.1. The van der Waals surface area contributed by atoms with Gasteiger partial charge >= 0.3 is 0 Å². The molecule has 0 fully saturated rings. The number of ether oxygens (including phenoxy) is 1. The molecule has 6 heteroatoms. The van der Waals surface area contributed by atoms with Crippen molar-refractivity contribution < 1.29 is 9.66 Å². The van der Waals surface area contributed by atoms with Crippen molar-refractivity contribution in [3.63, 3.8) is 0 Å². The number of nitro benzene ring substituents is 1. The number of nitro groups is 1. The van der Waals surface area contributed by atoms with Crippen LogP contribution in [0.2, 0.25) is 0 Å². The molecule has 2 rings (SSSR count). The Hall–Kier alpha value is -2.37. The second-order valence-corrected chi connectivity index (χ2v) is 4.12. The zero-order chi connectivity index (χ0) is 14.0. The number of rotatable bonds is 4. The Balaban J connectivity index is 2.79. The molecule has 1 heterocycles. The molecule has 0 bridgehead atoms. The van der Waals surface area contributed by atoms with E-state index < -0.39 is 4.92 Å². The van der Waals surface area contributed by atoms with Crippen molar-refractivity contribution in [2.45, 2.75) is 13.8 Å². The van der Waals surface area contributed by atoms with E-state index in [1.165, 1.54) is 13.2 Å². The maximum Gasteiger partial charge on any atom is 0.279 e. The van der Waals surface area contributed by atoms with Crippen molar-refractivity contribution in [3.05, 3.63) is 33.9 Å². The Kier molecular flexibility index (Phi) is 3.50. The Morgan fingerprint density at radius 2 is 2.21 bits per heavy atom. The highest BCUT2D eigenvalue weighted by Gasteiger charge is 2.17. The van der Waals surface area contributed by atoms with Crippen LogP contribution in [0.5, 0.6) is 5.75 Å². The van der Waals surface area contributed by atoms with Gasteiger partial charge < -0.3 is 10.1 Å². The average Bonchev–Trinajstić information content (AvgIpc) is 2.38. The van der Waals surface area contributed by atoms with E-state index in [0.717, 1.165) is 12.1 Å². The van der Waals surface area contributed by atoms with Gasteiger partial charge in [-0.2, -0.15) is 0 Å². The van der Waals surface area contributed by atoms with Gasteiger partial charge in [0.25, 0.3) is 5.69 Å². The Morgan fingerprint density at radius 1 is 1.47 bits per heavy atom. The molecular weight excluding hydrogens is 246 g/mol. The largest absolute Gasteiger partial charge is 0.494 e. The van der Waals surface area contributed by atoms with Crippen LogP contribution in [0.4, 0.5) is 11.5 Å². The third-order valence-corrected chi connectivity index (χ3v) is 2.88. The number of benzene rings is 1. The summed E-state index contributed by atoms with van der Waals surface area (Å²) < 4.78 is 5.22. The van der Waals surface area contributed by atoms with Crippen LogP contribution in [-0.2, 0) is 0 Å². The molecule has 0 aliphatic rings. The van der Waals surface area contributed by atoms with Crippen LogP contribution in [-0.4, -0.2) is 23.6 Å². The molecule has 1 N–H and O–H groups in total. The molecule has 0 aliphatic carbocycles. The molecule has 6 nitrogen and oxygen atoms in total. The number of anilines is 1. The molecule has 0 saturated heterocycles. The molecule has 19 heavy (non-hydrogen) atoms. The minimum absolute atomic E-state index is 0.0365. The minimum atomic E-state index is -0.407. The lowest BCUT2D eigenvalue weighted by atomic mass is 10.1. The number of nitrogens with one attached hydrogen (secondary N) is 1. The van der Waals surface area contributed by atoms with Crippen molar-refractivity contribution in [3.8, 4) is 5.75 Å². The SMILES string of the molecule is CCNc1nc2c(OC)ccc([N+](=O)[O-])c2cc1C. The molecule has 0 spiro atoms. The van der Waals surface area contributed by atoms with E-state index >= 15 is 0 Å². The lowest BCUT2D eigenvalue weighted by Crippen LogP contribution is -2.03. The van der Waals surface area contributed by atoms with Gasteiger partial charge in [0.05, 0.1) is 17.4 Å². The third-order valence-electron chi connectivity index (χ3n) is 2.88. The number of aryl methyl sites for hydroxylation is 1. The standard InChI is InChI=1S/C13H15N3O3/c1-4-14-13-8(2)7-9-10(16(17)18)5-6-11(19-3)12(9)15-13/h5-7H,4H2,1-3H3,(H,14,15). The fourth-order valence-electron chi connectivity index (χ4n) is 1.99. The van der Waals surface area contributed by atoms with Crippen LogP contribution in [0.25, 0.3) is 10.9 Å². The summed E-state index contributed by atoms with van der Waals surface area (Å²) in [6.45, 7) is 4.57. The summed E-state index contributed by atoms with van der Waals surface area (Å²) in [5.41, 5.74) is 1.40. The number of aromatic nitrogens is 1. The number of fused-ring (bicyclic) bond motifs is 1. The number of hydrogen-bond donors (Lipinski definition) is 1. The van der Waals surface area contributed by atoms with E-state index in [9.17, 15) is 10.1 Å². The smallest absolute Gasteiger partial charge is 0.279 e. The summed E-state index contributed by atoms with van der Waals surface area (Å²) in [5.74, 6) is 1.24. The van der Waals surface area contributed by atoms with Crippen LogP contribution >= 0.6 is 0 Å². The maximum absolute atomic E-state index is 11.1. The molecule has 1 aromatic carbocycles. The van der Waals surface area contributed by atoms with Gasteiger partial charge in [-0.25, -0.2) is 4.98 Å². The summed E-state index contributed by atoms with van der Waals surface area (Å²) in [5, 5.41) is 14.7. The third kappa shape index (κ3) is 2.29. The van der Waals surface area contributed by atoms with Gasteiger partial charge in [0, 0.05) is 12.6 Å². The molecule has 0 radical (unpaired) electrons. The van der Waals surface area contributed by atoms with E-state index in [1.807, 2.05) is 13.8 Å². The predicted octanol–water partition coefficient (Wildman–Crippen LogP) is 2.89. The molecule has 100 valence electrons. The Bertz CT molecular complexity index is 641. The number of pyridine rings is 1. The summed E-state index contributed by atoms with van der Waals surface area (Å²) >= 11 is 0. The van der Waals surface area contributed by atoms with Gasteiger partial charge in [-0.1, -0.05) is 0 Å². The zero-order valence-corrected chi connectivity index (χ0v) is 11.1. The highest BCUT2D eigenvalue weighted by molar-refractivity contribution is 5.94. The highest BCUT2D eigenvalue weighted by atomic mass is 16.6. The average molecular weight is 261 g/mol. The quantitative estimate of drug-likeness (QED) is 0.676. The Morgan fingerprint density at radius 3 is 2.79 bits per heavy atom. The Labute approximate surface area is 110 Å². The first-order valence-corrected chi connectivity index (χ1v) is 5.95. The fraction of sp³-hybridized carbons (Fsp3) is 0.308. The van der Waals surface area contributed by atoms with Crippen LogP contribution in [0.1, 0.15) is 12.5 Å². The molecule has 0 amide bonds. The van der Waals surface area contributed by atoms with Crippen molar-refractivity contribution >= 4 is 22.4 Å². The van der Waals surface area contributed by atoms with Crippen molar-refractivity contribution in [2.24, 2.45) is 0 Å². The van der Waals surface area contributed by atoms with Gasteiger partial charge in [-0.15, -0.1) is 0 Å². The van der Waals surface area contributed by atoms with Gasteiger partial charge in [-0.05, 0) is 31.5 Å². The van der Waals surface area contributed by atoms with E-state index in [0.29, 0.717) is 22.5 Å².